The molecule has 1 N–H and O–H groups in total. The third kappa shape index (κ3) is 2.98. The van der Waals surface area contributed by atoms with Crippen LogP contribution in [-0.4, -0.2) is 35.9 Å². The minimum Gasteiger partial charge on any atom is -0.495 e. The summed E-state index contributed by atoms with van der Waals surface area (Å²) in [7, 11) is -2.44. The number of nitrogens with zero attached hydrogens (tertiary/aromatic N) is 2. The van der Waals surface area contributed by atoms with Crippen molar-refractivity contribution in [2.75, 3.05) is 7.11 Å². The number of hydrogen-bond donors (Lipinski definition) is 1. The molecule has 0 fully saturated rings. The number of sulfonamides is 1. The summed E-state index contributed by atoms with van der Waals surface area (Å²) in [5, 5.41) is 8.92. The van der Waals surface area contributed by atoms with Crippen molar-refractivity contribution in [2.45, 2.75) is 24.4 Å². The van der Waals surface area contributed by atoms with Crippen molar-refractivity contribution in [3.8, 4) is 5.75 Å². The van der Waals surface area contributed by atoms with Gasteiger partial charge in [-0.2, -0.15) is 4.31 Å². The number of aromatic nitrogens is 1. The molecule has 7 nitrogen and oxygen atoms in total. The zero-order chi connectivity index (χ0) is 17.3. The molecule has 1 aliphatic rings. The lowest BCUT2D eigenvalue weighted by Crippen LogP contribution is -2.26. The summed E-state index contributed by atoms with van der Waals surface area (Å²) in [5.74, 6) is -0.832. The summed E-state index contributed by atoms with van der Waals surface area (Å²) in [6, 6.07) is 6.19. The first kappa shape index (κ1) is 16.4. The van der Waals surface area contributed by atoms with Gasteiger partial charge in [0.15, 0.2) is 0 Å². The molecular formula is C16H16N2O5S. The van der Waals surface area contributed by atoms with E-state index in [1.165, 1.54) is 23.5 Å². The number of fused-ring (bicyclic) bond motifs is 1. The van der Waals surface area contributed by atoms with Gasteiger partial charge in [-0.3, -0.25) is 9.78 Å². The van der Waals surface area contributed by atoms with Crippen LogP contribution in [0.5, 0.6) is 5.75 Å². The van der Waals surface area contributed by atoms with Crippen molar-refractivity contribution in [2.24, 2.45) is 0 Å². The molecule has 2 heterocycles. The first-order chi connectivity index (χ1) is 11.4. The van der Waals surface area contributed by atoms with Gasteiger partial charge in [0.1, 0.15) is 10.6 Å². The van der Waals surface area contributed by atoms with E-state index in [9.17, 15) is 13.2 Å². The molecule has 1 aromatic carbocycles. The average molecular weight is 348 g/mol. The second-order valence-corrected chi connectivity index (χ2v) is 7.38. The minimum absolute atomic E-state index is 0.0236. The molecular weight excluding hydrogens is 332 g/mol. The molecule has 0 spiro atoms. The number of carboxylic acids is 1. The van der Waals surface area contributed by atoms with Crippen LogP contribution in [0.1, 0.15) is 16.7 Å². The first-order valence-electron chi connectivity index (χ1n) is 7.22. The quantitative estimate of drug-likeness (QED) is 0.878. The minimum atomic E-state index is -3.82. The van der Waals surface area contributed by atoms with E-state index in [0.717, 1.165) is 11.1 Å². The van der Waals surface area contributed by atoms with E-state index in [2.05, 4.69) is 4.98 Å². The summed E-state index contributed by atoms with van der Waals surface area (Å²) < 4.78 is 32.5. The lowest BCUT2D eigenvalue weighted by molar-refractivity contribution is -0.136. The summed E-state index contributed by atoms with van der Waals surface area (Å²) in [6.45, 7) is 0.490. The molecule has 0 amide bonds. The Bertz CT molecular complexity index is 870. The van der Waals surface area contributed by atoms with Crippen molar-refractivity contribution in [1.82, 2.24) is 9.29 Å². The van der Waals surface area contributed by atoms with Gasteiger partial charge in [0.2, 0.25) is 10.0 Å². The molecule has 2 aromatic rings. The van der Waals surface area contributed by atoms with Crippen LogP contribution >= 0.6 is 0 Å². The molecule has 126 valence electrons. The average Bonchev–Trinajstić information content (AvgIpc) is 2.99. The van der Waals surface area contributed by atoms with Gasteiger partial charge in [-0.1, -0.05) is 6.07 Å². The molecule has 1 aliphatic heterocycles. The second-order valence-electron chi connectivity index (χ2n) is 5.47. The van der Waals surface area contributed by atoms with E-state index in [1.807, 2.05) is 0 Å². The molecule has 0 saturated heterocycles. The van der Waals surface area contributed by atoms with Gasteiger partial charge in [0, 0.05) is 25.5 Å². The highest BCUT2D eigenvalue weighted by Crippen LogP contribution is 2.33. The Morgan fingerprint density at radius 3 is 2.71 bits per heavy atom. The van der Waals surface area contributed by atoms with E-state index in [1.54, 1.807) is 24.5 Å². The van der Waals surface area contributed by atoms with Crippen LogP contribution in [0.3, 0.4) is 0 Å². The van der Waals surface area contributed by atoms with Gasteiger partial charge in [-0.15, -0.1) is 0 Å². The van der Waals surface area contributed by atoms with E-state index < -0.39 is 16.0 Å². The van der Waals surface area contributed by atoms with Crippen LogP contribution in [0.25, 0.3) is 0 Å². The predicted octanol–water partition coefficient (Wildman–Crippen LogP) is 1.42. The highest BCUT2D eigenvalue weighted by molar-refractivity contribution is 7.89. The monoisotopic (exact) mass is 348 g/mol. The summed E-state index contributed by atoms with van der Waals surface area (Å²) >= 11 is 0. The topological polar surface area (TPSA) is 96.8 Å². The molecule has 8 heteroatoms. The van der Waals surface area contributed by atoms with Gasteiger partial charge in [0.25, 0.3) is 0 Å². The van der Waals surface area contributed by atoms with Crippen LogP contribution in [0.15, 0.2) is 41.6 Å². The Morgan fingerprint density at radius 2 is 2.04 bits per heavy atom. The lowest BCUT2D eigenvalue weighted by Gasteiger charge is -2.18. The Hall–Kier alpha value is -2.45. The van der Waals surface area contributed by atoms with Crippen LogP contribution < -0.4 is 4.74 Å². The number of carboxylic acid groups (broad SMARTS) is 1. The Kier molecular flexibility index (Phi) is 4.25. The summed E-state index contributed by atoms with van der Waals surface area (Å²) in [6.07, 6.45) is 3.03. The standard InChI is InChI=1S/C16H16N2O5S/c1-23-14-3-2-11(7-16(19)20)6-15(14)24(21,22)18-9-12-4-5-17-8-13(12)10-18/h2-6,8H,7,9-10H2,1H3,(H,19,20). The first-order valence-corrected chi connectivity index (χ1v) is 8.66. The zero-order valence-electron chi connectivity index (χ0n) is 13.0. The molecule has 0 radical (unpaired) electrons. The Labute approximate surface area is 139 Å². The highest BCUT2D eigenvalue weighted by Gasteiger charge is 2.33. The van der Waals surface area contributed by atoms with Gasteiger partial charge in [0.05, 0.1) is 13.5 Å². The molecule has 24 heavy (non-hydrogen) atoms. The smallest absolute Gasteiger partial charge is 0.307 e. The molecule has 0 aliphatic carbocycles. The molecule has 3 rings (SSSR count). The van der Waals surface area contributed by atoms with Crippen LogP contribution in [0, 0.1) is 0 Å². The number of pyridine rings is 1. The van der Waals surface area contributed by atoms with Gasteiger partial charge >= 0.3 is 5.97 Å². The maximum atomic E-state index is 13.0. The second kappa shape index (κ2) is 6.21. The van der Waals surface area contributed by atoms with E-state index in [-0.39, 0.29) is 30.2 Å². The van der Waals surface area contributed by atoms with Crippen LogP contribution in [-0.2, 0) is 34.3 Å². The van der Waals surface area contributed by atoms with E-state index >= 15 is 0 Å². The van der Waals surface area contributed by atoms with Crippen LogP contribution in [0.2, 0.25) is 0 Å². The summed E-state index contributed by atoms with van der Waals surface area (Å²) in [4.78, 5) is 14.9. The normalized spacial score (nSPS) is 14.4. The fourth-order valence-electron chi connectivity index (χ4n) is 2.70. The van der Waals surface area contributed by atoms with Crippen molar-refractivity contribution < 1.29 is 23.1 Å². The predicted molar refractivity (Wildman–Crippen MR) is 85.0 cm³/mol. The van der Waals surface area contributed by atoms with Gasteiger partial charge in [-0.05, 0) is 34.9 Å². The number of rotatable bonds is 5. The van der Waals surface area contributed by atoms with Crippen LogP contribution in [0.4, 0.5) is 0 Å². The van der Waals surface area contributed by atoms with Gasteiger partial charge in [-0.25, -0.2) is 8.42 Å². The number of methoxy groups -OCH3 is 1. The van der Waals surface area contributed by atoms with Crippen molar-refractivity contribution >= 4 is 16.0 Å². The number of carbonyl (C=O) groups is 1. The molecule has 0 bridgehead atoms. The van der Waals surface area contributed by atoms with Crippen molar-refractivity contribution in [3.63, 3.8) is 0 Å². The van der Waals surface area contributed by atoms with Gasteiger partial charge < -0.3 is 9.84 Å². The molecule has 0 atom stereocenters. The fraction of sp³-hybridized carbons (Fsp3) is 0.250. The van der Waals surface area contributed by atoms with Crippen molar-refractivity contribution in [3.05, 3.63) is 53.3 Å². The highest BCUT2D eigenvalue weighted by atomic mass is 32.2. The lowest BCUT2D eigenvalue weighted by atomic mass is 10.1. The fourth-order valence-corrected chi connectivity index (χ4v) is 4.31. The maximum absolute atomic E-state index is 13.0. The largest absolute Gasteiger partial charge is 0.495 e. The SMILES string of the molecule is COc1ccc(CC(=O)O)cc1S(=O)(=O)N1Cc2ccncc2C1. The number of hydrogen-bond acceptors (Lipinski definition) is 5. The molecule has 0 saturated carbocycles. The number of aliphatic carboxylic acids is 1. The van der Waals surface area contributed by atoms with Crippen molar-refractivity contribution in [1.29, 1.82) is 0 Å². The molecule has 0 unspecified atom stereocenters. The number of ether oxygens (including phenoxy) is 1. The number of benzene rings is 1. The van der Waals surface area contributed by atoms with E-state index in [4.69, 9.17) is 9.84 Å². The maximum Gasteiger partial charge on any atom is 0.307 e. The molecule has 1 aromatic heterocycles. The Balaban J connectivity index is 1.99. The summed E-state index contributed by atoms with van der Waals surface area (Å²) in [5.41, 5.74) is 2.18. The Morgan fingerprint density at radius 1 is 1.29 bits per heavy atom. The zero-order valence-corrected chi connectivity index (χ0v) is 13.8. The third-order valence-electron chi connectivity index (χ3n) is 3.90. The third-order valence-corrected chi connectivity index (χ3v) is 5.71. The van der Waals surface area contributed by atoms with E-state index in [0.29, 0.717) is 5.56 Å².